The molecule has 0 bridgehead atoms. The number of aromatic nitrogens is 4. The van der Waals surface area contributed by atoms with Gasteiger partial charge in [0.25, 0.3) is 0 Å². The molecule has 7 nitrogen and oxygen atoms in total. The van der Waals surface area contributed by atoms with Crippen LogP contribution in [0.1, 0.15) is 23.0 Å². The first-order valence-electron chi connectivity index (χ1n) is 10.4. The molecule has 1 heterocycles. The molecule has 174 valence electrons. The number of halogens is 3. The first-order valence-corrected chi connectivity index (χ1v) is 10.4. The molecule has 0 spiro atoms. The molecule has 1 aromatic heterocycles. The number of nitrogens with zero attached hydrogens (tertiary/aromatic N) is 4. The summed E-state index contributed by atoms with van der Waals surface area (Å²) >= 11 is 0. The van der Waals surface area contributed by atoms with Crippen LogP contribution in [0, 0.1) is 24.4 Å². The highest BCUT2D eigenvalue weighted by molar-refractivity contribution is 5.94. The van der Waals surface area contributed by atoms with Crippen LogP contribution >= 0.6 is 0 Å². The predicted octanol–water partition coefficient (Wildman–Crippen LogP) is 4.40. The smallest absolute Gasteiger partial charge is 0.249 e. The minimum absolute atomic E-state index is 0.0152. The SMILES string of the molecule is Cc1nnnn1C(Cc1ccc(F)cc1)C(=O)Nc1ccc(OCc2cccc(F)c2)c(F)c1. The maximum atomic E-state index is 14.6. The molecule has 0 radical (unpaired) electrons. The molecule has 10 heteroatoms. The van der Waals surface area contributed by atoms with Gasteiger partial charge in [0.2, 0.25) is 5.91 Å². The third-order valence-electron chi connectivity index (χ3n) is 5.08. The fourth-order valence-corrected chi connectivity index (χ4v) is 3.37. The number of amides is 1. The van der Waals surface area contributed by atoms with Crippen molar-refractivity contribution in [2.24, 2.45) is 0 Å². The molecule has 34 heavy (non-hydrogen) atoms. The van der Waals surface area contributed by atoms with Gasteiger partial charge in [0.1, 0.15) is 30.1 Å². The molecule has 1 N–H and O–H groups in total. The van der Waals surface area contributed by atoms with E-state index >= 15 is 0 Å². The van der Waals surface area contributed by atoms with Crippen LogP contribution in [0.25, 0.3) is 0 Å². The van der Waals surface area contributed by atoms with E-state index in [1.165, 1.54) is 47.1 Å². The summed E-state index contributed by atoms with van der Waals surface area (Å²) in [5.41, 5.74) is 1.45. The number of ether oxygens (including phenoxy) is 1. The molecular formula is C24H20F3N5O2. The molecule has 0 fully saturated rings. The van der Waals surface area contributed by atoms with Crippen molar-refractivity contribution in [2.45, 2.75) is 26.0 Å². The molecule has 1 atom stereocenters. The Kier molecular flexibility index (Phi) is 6.86. The largest absolute Gasteiger partial charge is 0.486 e. The number of tetrazole rings is 1. The lowest BCUT2D eigenvalue weighted by atomic mass is 10.0. The molecular weight excluding hydrogens is 447 g/mol. The van der Waals surface area contributed by atoms with E-state index in [0.29, 0.717) is 17.0 Å². The van der Waals surface area contributed by atoms with Gasteiger partial charge in [0, 0.05) is 18.2 Å². The van der Waals surface area contributed by atoms with E-state index in [4.69, 9.17) is 4.74 Å². The number of carbonyl (C=O) groups is 1. The number of carbonyl (C=O) groups excluding carboxylic acids is 1. The van der Waals surface area contributed by atoms with Crippen LogP contribution < -0.4 is 10.1 Å². The molecule has 4 aromatic rings. The van der Waals surface area contributed by atoms with E-state index in [1.807, 2.05) is 0 Å². The van der Waals surface area contributed by atoms with Crippen LogP contribution in [0.4, 0.5) is 18.9 Å². The minimum Gasteiger partial charge on any atom is -0.486 e. The van der Waals surface area contributed by atoms with E-state index < -0.39 is 29.4 Å². The van der Waals surface area contributed by atoms with E-state index in [9.17, 15) is 18.0 Å². The second kappa shape index (κ2) is 10.2. The number of anilines is 1. The van der Waals surface area contributed by atoms with Gasteiger partial charge in [-0.25, -0.2) is 17.9 Å². The van der Waals surface area contributed by atoms with Crippen LogP contribution in [-0.2, 0) is 17.8 Å². The Balaban J connectivity index is 1.48. The zero-order chi connectivity index (χ0) is 24.1. The van der Waals surface area contributed by atoms with Crippen LogP contribution in [0.2, 0.25) is 0 Å². The Morgan fingerprint density at radius 2 is 1.79 bits per heavy atom. The maximum absolute atomic E-state index is 14.6. The molecule has 0 aliphatic rings. The Morgan fingerprint density at radius 1 is 1.00 bits per heavy atom. The summed E-state index contributed by atoms with van der Waals surface area (Å²) in [7, 11) is 0. The van der Waals surface area contributed by atoms with Crippen LogP contribution in [-0.4, -0.2) is 26.1 Å². The highest BCUT2D eigenvalue weighted by atomic mass is 19.1. The van der Waals surface area contributed by atoms with E-state index in [1.54, 1.807) is 25.1 Å². The van der Waals surface area contributed by atoms with Crippen molar-refractivity contribution in [1.29, 1.82) is 0 Å². The third kappa shape index (κ3) is 5.58. The number of aryl methyl sites for hydroxylation is 1. The lowest BCUT2D eigenvalue weighted by Crippen LogP contribution is -2.29. The van der Waals surface area contributed by atoms with Crippen molar-refractivity contribution >= 4 is 11.6 Å². The first kappa shape index (κ1) is 23.0. The summed E-state index contributed by atoms with van der Waals surface area (Å²) in [4.78, 5) is 13.1. The van der Waals surface area contributed by atoms with Gasteiger partial charge in [-0.1, -0.05) is 24.3 Å². The fraction of sp³-hybridized carbons (Fsp3) is 0.167. The summed E-state index contributed by atoms with van der Waals surface area (Å²) in [6, 6.07) is 14.7. The number of rotatable bonds is 8. The highest BCUT2D eigenvalue weighted by Crippen LogP contribution is 2.24. The third-order valence-corrected chi connectivity index (χ3v) is 5.08. The molecule has 1 amide bonds. The Hall–Kier alpha value is -4.21. The van der Waals surface area contributed by atoms with Gasteiger partial charge in [0.05, 0.1) is 0 Å². The molecule has 4 rings (SSSR count). The van der Waals surface area contributed by atoms with Gasteiger partial charge in [-0.2, -0.15) is 0 Å². The summed E-state index contributed by atoms with van der Waals surface area (Å²) in [6.45, 7) is 1.63. The normalized spacial score (nSPS) is 11.8. The summed E-state index contributed by atoms with van der Waals surface area (Å²) < 4.78 is 47.9. The second-order valence-electron chi connectivity index (χ2n) is 7.57. The van der Waals surface area contributed by atoms with Gasteiger partial charge in [-0.3, -0.25) is 4.79 Å². The molecule has 0 saturated carbocycles. The molecule has 0 aliphatic heterocycles. The van der Waals surface area contributed by atoms with Crippen LogP contribution in [0.3, 0.4) is 0 Å². The van der Waals surface area contributed by atoms with E-state index in [-0.39, 0.29) is 24.5 Å². The van der Waals surface area contributed by atoms with Gasteiger partial charge in [-0.05, 0) is 64.9 Å². The van der Waals surface area contributed by atoms with Gasteiger partial charge in [-0.15, -0.1) is 5.10 Å². The fourth-order valence-electron chi connectivity index (χ4n) is 3.37. The van der Waals surface area contributed by atoms with Crippen molar-refractivity contribution in [3.63, 3.8) is 0 Å². The standard InChI is InChI=1S/C24H20F3N5O2/c1-15-29-30-31-32(15)22(12-16-5-7-18(25)8-6-16)24(33)28-20-9-10-23(21(27)13-20)34-14-17-3-2-4-19(26)11-17/h2-11,13,22H,12,14H2,1H3,(H,28,33). The molecule has 1 unspecified atom stereocenters. The number of nitrogens with one attached hydrogen (secondary N) is 1. The predicted molar refractivity (Wildman–Crippen MR) is 117 cm³/mol. The average molecular weight is 467 g/mol. The Bertz CT molecular complexity index is 1290. The van der Waals surface area contributed by atoms with E-state index in [0.717, 1.165) is 6.07 Å². The highest BCUT2D eigenvalue weighted by Gasteiger charge is 2.25. The molecule has 0 saturated heterocycles. The van der Waals surface area contributed by atoms with Gasteiger partial charge in [0.15, 0.2) is 11.6 Å². The van der Waals surface area contributed by atoms with Crippen LogP contribution in [0.15, 0.2) is 66.7 Å². The van der Waals surface area contributed by atoms with Crippen molar-refractivity contribution in [1.82, 2.24) is 20.2 Å². The Labute approximate surface area is 193 Å². The van der Waals surface area contributed by atoms with Gasteiger partial charge >= 0.3 is 0 Å². The Morgan fingerprint density at radius 3 is 2.47 bits per heavy atom. The zero-order valence-corrected chi connectivity index (χ0v) is 18.1. The average Bonchev–Trinajstić information content (AvgIpc) is 3.23. The lowest BCUT2D eigenvalue weighted by Gasteiger charge is -2.18. The maximum Gasteiger partial charge on any atom is 0.249 e. The summed E-state index contributed by atoms with van der Waals surface area (Å²) in [5.74, 6) is -1.60. The van der Waals surface area contributed by atoms with Crippen molar-refractivity contribution in [2.75, 3.05) is 5.32 Å². The molecule has 3 aromatic carbocycles. The monoisotopic (exact) mass is 467 g/mol. The summed E-state index contributed by atoms with van der Waals surface area (Å²) in [5, 5.41) is 14.0. The topological polar surface area (TPSA) is 81.9 Å². The van der Waals surface area contributed by atoms with Crippen LogP contribution in [0.5, 0.6) is 5.75 Å². The number of hydrogen-bond acceptors (Lipinski definition) is 5. The number of hydrogen-bond donors (Lipinski definition) is 1. The van der Waals surface area contributed by atoms with E-state index in [2.05, 4.69) is 20.8 Å². The molecule has 0 aliphatic carbocycles. The summed E-state index contributed by atoms with van der Waals surface area (Å²) in [6.07, 6.45) is 0.190. The number of benzene rings is 3. The van der Waals surface area contributed by atoms with Crippen molar-refractivity contribution in [3.8, 4) is 5.75 Å². The van der Waals surface area contributed by atoms with Gasteiger partial charge < -0.3 is 10.1 Å². The van der Waals surface area contributed by atoms with Crippen molar-refractivity contribution < 1.29 is 22.7 Å². The zero-order valence-electron chi connectivity index (χ0n) is 18.1. The minimum atomic E-state index is -0.854. The first-order chi connectivity index (χ1) is 16.4. The van der Waals surface area contributed by atoms with Crippen molar-refractivity contribution in [3.05, 3.63) is 101 Å². The lowest BCUT2D eigenvalue weighted by molar-refractivity contribution is -0.119. The quantitative estimate of drug-likeness (QED) is 0.415. The second-order valence-corrected chi connectivity index (χ2v) is 7.57.